The lowest BCUT2D eigenvalue weighted by Gasteiger charge is -2.33. The summed E-state index contributed by atoms with van der Waals surface area (Å²) in [6, 6.07) is -0.216. The van der Waals surface area contributed by atoms with Crippen LogP contribution in [0, 0.1) is 12.8 Å². The third-order valence-corrected chi connectivity index (χ3v) is 5.75. The van der Waals surface area contributed by atoms with Gasteiger partial charge in [-0.2, -0.15) is 0 Å². The number of morpholine rings is 1. The molecule has 3 heterocycles. The van der Waals surface area contributed by atoms with Crippen LogP contribution in [0.5, 0.6) is 0 Å². The topological polar surface area (TPSA) is 66.5 Å². The van der Waals surface area contributed by atoms with Gasteiger partial charge in [-0.3, -0.25) is 9.69 Å². The van der Waals surface area contributed by atoms with Crippen molar-refractivity contribution in [2.45, 2.75) is 45.4 Å². The Morgan fingerprint density at radius 1 is 1.50 bits per heavy atom. The Hall–Kier alpha value is -1.02. The smallest absolute Gasteiger partial charge is 0.239 e. The largest absolute Gasteiger partial charge is 0.375 e. The Bertz CT molecular complexity index is 542. The van der Waals surface area contributed by atoms with Gasteiger partial charge in [-0.15, -0.1) is 11.3 Å². The van der Waals surface area contributed by atoms with E-state index in [1.807, 2.05) is 6.92 Å². The average Bonchev–Trinajstić information content (AvgIpc) is 2.99. The molecule has 0 bridgehead atoms. The molecule has 6 nitrogen and oxygen atoms in total. The molecule has 2 atom stereocenters. The van der Waals surface area contributed by atoms with Gasteiger partial charge in [0.1, 0.15) is 6.04 Å². The fourth-order valence-electron chi connectivity index (χ4n) is 3.44. The van der Waals surface area contributed by atoms with Crippen LogP contribution in [0.2, 0.25) is 0 Å². The van der Waals surface area contributed by atoms with E-state index in [9.17, 15) is 4.79 Å². The summed E-state index contributed by atoms with van der Waals surface area (Å²) in [4.78, 5) is 19.3. The number of carbonyl (C=O) groups is 1. The monoisotopic (exact) mass is 352 g/mol. The van der Waals surface area contributed by atoms with Crippen LogP contribution in [0.25, 0.3) is 0 Å². The second kappa shape index (κ2) is 8.38. The number of likely N-dealkylation sites (tertiary alicyclic amines) is 1. The highest BCUT2D eigenvalue weighted by Gasteiger charge is 2.29. The molecule has 24 heavy (non-hydrogen) atoms. The van der Waals surface area contributed by atoms with Gasteiger partial charge < -0.3 is 15.4 Å². The molecule has 1 aromatic rings. The van der Waals surface area contributed by atoms with E-state index in [4.69, 9.17) is 4.74 Å². The molecular weight excluding hydrogens is 324 g/mol. The molecule has 0 aliphatic carbocycles. The van der Waals surface area contributed by atoms with Crippen LogP contribution in [-0.4, -0.2) is 60.7 Å². The highest BCUT2D eigenvalue weighted by Crippen LogP contribution is 2.19. The molecule has 0 radical (unpaired) electrons. The van der Waals surface area contributed by atoms with Gasteiger partial charge >= 0.3 is 0 Å². The first-order chi connectivity index (χ1) is 11.6. The number of hydrogen-bond acceptors (Lipinski definition) is 6. The summed E-state index contributed by atoms with van der Waals surface area (Å²) in [5.41, 5.74) is 1.18. The first-order valence-corrected chi connectivity index (χ1v) is 9.76. The van der Waals surface area contributed by atoms with Crippen LogP contribution in [-0.2, 0) is 16.1 Å². The Morgan fingerprint density at radius 2 is 2.29 bits per heavy atom. The van der Waals surface area contributed by atoms with Gasteiger partial charge in [-0.05, 0) is 45.7 Å². The number of rotatable bonds is 5. The number of nitrogens with zero attached hydrogens (tertiary/aromatic N) is 2. The zero-order valence-electron chi connectivity index (χ0n) is 14.6. The highest BCUT2D eigenvalue weighted by molar-refractivity contribution is 7.09. The van der Waals surface area contributed by atoms with Gasteiger partial charge in [-0.1, -0.05) is 0 Å². The zero-order valence-corrected chi connectivity index (χ0v) is 15.4. The van der Waals surface area contributed by atoms with Crippen molar-refractivity contribution >= 4 is 17.2 Å². The molecule has 0 aromatic carbocycles. The molecule has 0 spiro atoms. The van der Waals surface area contributed by atoms with Gasteiger partial charge in [-0.25, -0.2) is 4.98 Å². The molecule has 2 aliphatic rings. The lowest BCUT2D eigenvalue weighted by molar-refractivity contribution is -0.129. The summed E-state index contributed by atoms with van der Waals surface area (Å²) in [6.45, 7) is 9.32. The van der Waals surface area contributed by atoms with Crippen LogP contribution in [0.4, 0.5) is 0 Å². The molecule has 3 rings (SSSR count). The average molecular weight is 353 g/mol. The fourth-order valence-corrected chi connectivity index (χ4v) is 4.04. The van der Waals surface area contributed by atoms with Gasteiger partial charge in [0.15, 0.2) is 0 Å². The number of hydrogen-bond donors (Lipinski definition) is 2. The maximum Gasteiger partial charge on any atom is 0.239 e. The summed E-state index contributed by atoms with van der Waals surface area (Å²) in [6.07, 6.45) is 2.21. The predicted octanol–water partition coefficient (Wildman–Crippen LogP) is 1.16. The number of amides is 1. The van der Waals surface area contributed by atoms with Crippen LogP contribution in [0.3, 0.4) is 0 Å². The second-order valence-corrected chi connectivity index (χ2v) is 7.89. The van der Waals surface area contributed by atoms with Gasteiger partial charge in [0, 0.05) is 25.0 Å². The summed E-state index contributed by atoms with van der Waals surface area (Å²) < 4.78 is 5.54. The van der Waals surface area contributed by atoms with E-state index in [1.54, 1.807) is 11.3 Å². The Labute approximate surface area is 148 Å². The molecule has 2 aliphatic heterocycles. The highest BCUT2D eigenvalue weighted by atomic mass is 32.1. The fraction of sp³-hybridized carbons (Fsp3) is 0.765. The van der Waals surface area contributed by atoms with E-state index in [0.29, 0.717) is 12.5 Å². The van der Waals surface area contributed by atoms with E-state index in [1.165, 1.54) is 5.69 Å². The van der Waals surface area contributed by atoms with Crippen molar-refractivity contribution in [3.05, 3.63) is 16.1 Å². The molecule has 2 saturated heterocycles. The van der Waals surface area contributed by atoms with Crippen molar-refractivity contribution in [1.29, 1.82) is 0 Å². The number of piperidine rings is 1. The minimum absolute atomic E-state index is 0.0536. The first kappa shape index (κ1) is 17.8. The van der Waals surface area contributed by atoms with Crippen molar-refractivity contribution < 1.29 is 9.53 Å². The maximum absolute atomic E-state index is 12.3. The zero-order chi connectivity index (χ0) is 16.9. The lowest BCUT2D eigenvalue weighted by atomic mass is 9.96. The number of nitrogens with one attached hydrogen (secondary N) is 2. The standard InChI is InChI=1S/C17H28N4O2S/c1-12-16(18-5-8-23-12)17(22)19-9-14-3-6-21(7-4-14)10-15-11-24-13(2)20-15/h11-12,14,16,18H,3-10H2,1-2H3,(H,19,22)/t12-,16+/m1/s1. The lowest BCUT2D eigenvalue weighted by Crippen LogP contribution is -2.56. The van der Waals surface area contributed by atoms with E-state index < -0.39 is 0 Å². The Kier molecular flexibility index (Phi) is 6.21. The van der Waals surface area contributed by atoms with Crippen molar-refractivity contribution in [3.8, 4) is 0 Å². The number of aromatic nitrogens is 1. The SMILES string of the molecule is Cc1nc(CN2CCC(CNC(=O)[C@H]3NCCO[C@@H]3C)CC2)cs1. The molecule has 2 N–H and O–H groups in total. The van der Waals surface area contributed by atoms with Gasteiger partial charge in [0.2, 0.25) is 5.91 Å². The van der Waals surface area contributed by atoms with Crippen molar-refractivity contribution in [2.75, 3.05) is 32.8 Å². The van der Waals surface area contributed by atoms with Gasteiger partial charge in [0.05, 0.1) is 23.4 Å². The summed E-state index contributed by atoms with van der Waals surface area (Å²) in [7, 11) is 0. The normalized spacial score (nSPS) is 26.4. The summed E-state index contributed by atoms with van der Waals surface area (Å²) >= 11 is 1.72. The molecule has 134 valence electrons. The molecule has 0 unspecified atom stereocenters. The van der Waals surface area contributed by atoms with Crippen molar-refractivity contribution in [3.63, 3.8) is 0 Å². The van der Waals surface area contributed by atoms with Crippen molar-refractivity contribution in [2.24, 2.45) is 5.92 Å². The Balaban J connectivity index is 1.37. The van der Waals surface area contributed by atoms with Crippen LogP contribution >= 0.6 is 11.3 Å². The second-order valence-electron chi connectivity index (χ2n) is 6.83. The molecule has 1 amide bonds. The summed E-state index contributed by atoms with van der Waals surface area (Å²) in [5, 5.41) is 9.64. The van der Waals surface area contributed by atoms with Gasteiger partial charge in [0.25, 0.3) is 0 Å². The third-order valence-electron chi connectivity index (χ3n) is 4.92. The molecule has 0 saturated carbocycles. The van der Waals surface area contributed by atoms with Crippen molar-refractivity contribution in [1.82, 2.24) is 20.5 Å². The minimum atomic E-state index is -0.216. The third kappa shape index (κ3) is 4.75. The summed E-state index contributed by atoms with van der Waals surface area (Å²) in [5.74, 6) is 0.643. The van der Waals surface area contributed by atoms with E-state index in [-0.39, 0.29) is 18.1 Å². The molecule has 7 heteroatoms. The number of ether oxygens (including phenoxy) is 1. The van der Waals surface area contributed by atoms with Crippen LogP contribution in [0.1, 0.15) is 30.5 Å². The Morgan fingerprint density at radius 3 is 2.96 bits per heavy atom. The maximum atomic E-state index is 12.3. The van der Waals surface area contributed by atoms with E-state index >= 15 is 0 Å². The number of aryl methyl sites for hydroxylation is 1. The van der Waals surface area contributed by atoms with E-state index in [2.05, 4.69) is 32.8 Å². The number of carbonyl (C=O) groups excluding carboxylic acids is 1. The molecule has 2 fully saturated rings. The van der Waals surface area contributed by atoms with Crippen LogP contribution < -0.4 is 10.6 Å². The van der Waals surface area contributed by atoms with E-state index in [0.717, 1.165) is 50.6 Å². The predicted molar refractivity (Wildman–Crippen MR) is 95.1 cm³/mol. The number of thiazole rings is 1. The molecule has 1 aromatic heterocycles. The minimum Gasteiger partial charge on any atom is -0.375 e. The first-order valence-electron chi connectivity index (χ1n) is 8.88. The molecular formula is C17H28N4O2S. The quantitative estimate of drug-likeness (QED) is 0.832. The van der Waals surface area contributed by atoms with Crippen LogP contribution in [0.15, 0.2) is 5.38 Å².